The first-order valence-corrected chi connectivity index (χ1v) is 14.2. The molecule has 1 aliphatic rings. The second-order valence-corrected chi connectivity index (χ2v) is 10.4. The Labute approximate surface area is 241 Å². The lowest BCUT2D eigenvalue weighted by Crippen LogP contribution is -2.56. The van der Waals surface area contributed by atoms with Gasteiger partial charge in [0.25, 0.3) is 0 Å². The molecule has 8 heteroatoms. The first-order valence-electron chi connectivity index (χ1n) is 14.2. The summed E-state index contributed by atoms with van der Waals surface area (Å²) < 4.78 is 0. The SMILES string of the molecule is Cc1ccccc1NC(=O)[C@H](CCCCN)NC(=O)[C@@H]1Cc2ccccc2CN1C(=O)CCC(=O)c1ccccc1. The molecule has 0 radical (unpaired) electrons. The van der Waals surface area contributed by atoms with Crippen LogP contribution in [0.15, 0.2) is 78.9 Å². The number of unbranched alkanes of at least 4 members (excludes halogenated alkanes) is 1. The largest absolute Gasteiger partial charge is 0.342 e. The third kappa shape index (κ3) is 7.89. The number of ketones is 1. The second-order valence-electron chi connectivity index (χ2n) is 10.4. The van der Waals surface area contributed by atoms with Crippen LogP contribution in [0.1, 0.15) is 59.2 Å². The van der Waals surface area contributed by atoms with Crippen molar-refractivity contribution < 1.29 is 19.2 Å². The number of hydrogen-bond acceptors (Lipinski definition) is 5. The number of Topliss-reactive ketones (excluding diaryl/α,β-unsaturated/α-hetero) is 1. The predicted octanol–water partition coefficient (Wildman–Crippen LogP) is 4.16. The topological polar surface area (TPSA) is 122 Å². The third-order valence-corrected chi connectivity index (χ3v) is 7.52. The molecule has 41 heavy (non-hydrogen) atoms. The standard InChI is InChI=1S/C33H38N4O4/c1-23-11-5-8-16-27(23)35-32(40)28(17-9-10-20-34)36-33(41)29-21-25-14-6-7-15-26(25)22-37(29)31(39)19-18-30(38)24-12-3-2-4-13-24/h2-8,11-16,28-29H,9-10,17-22,34H2,1H3,(H,35,40)(H,36,41)/t28-,29-/m0/s1. The fourth-order valence-electron chi connectivity index (χ4n) is 5.11. The number of para-hydroxylation sites is 1. The number of anilines is 1. The molecule has 8 nitrogen and oxygen atoms in total. The second kappa shape index (κ2) is 14.4. The highest BCUT2D eigenvalue weighted by atomic mass is 16.2. The van der Waals surface area contributed by atoms with Crippen molar-refractivity contribution in [3.63, 3.8) is 0 Å². The molecular weight excluding hydrogens is 516 g/mol. The van der Waals surface area contributed by atoms with Crippen molar-refractivity contribution in [2.24, 2.45) is 5.73 Å². The summed E-state index contributed by atoms with van der Waals surface area (Å²) in [7, 11) is 0. The average molecular weight is 555 g/mol. The zero-order chi connectivity index (χ0) is 29.2. The van der Waals surface area contributed by atoms with Gasteiger partial charge in [-0.25, -0.2) is 0 Å². The number of benzene rings is 3. The van der Waals surface area contributed by atoms with Crippen LogP contribution in [0.3, 0.4) is 0 Å². The van der Waals surface area contributed by atoms with Crippen molar-refractivity contribution in [3.05, 3.63) is 101 Å². The van der Waals surface area contributed by atoms with Gasteiger partial charge >= 0.3 is 0 Å². The van der Waals surface area contributed by atoms with E-state index in [2.05, 4.69) is 10.6 Å². The van der Waals surface area contributed by atoms with Gasteiger partial charge < -0.3 is 21.3 Å². The molecule has 0 aromatic heterocycles. The first kappa shape index (κ1) is 29.7. The molecule has 0 spiro atoms. The highest BCUT2D eigenvalue weighted by Gasteiger charge is 2.36. The van der Waals surface area contributed by atoms with Gasteiger partial charge in [-0.1, -0.05) is 72.8 Å². The zero-order valence-corrected chi connectivity index (χ0v) is 23.5. The number of nitrogens with two attached hydrogens (primary N) is 1. The lowest BCUT2D eigenvalue weighted by molar-refractivity contribution is -0.142. The smallest absolute Gasteiger partial charge is 0.246 e. The summed E-state index contributed by atoms with van der Waals surface area (Å²) in [5.74, 6) is -1.09. The van der Waals surface area contributed by atoms with Gasteiger partial charge in [0, 0.05) is 37.1 Å². The Morgan fingerprint density at radius 1 is 0.878 bits per heavy atom. The van der Waals surface area contributed by atoms with Gasteiger partial charge in [0.05, 0.1) is 0 Å². The maximum absolute atomic E-state index is 13.8. The van der Waals surface area contributed by atoms with Crippen molar-refractivity contribution in [1.82, 2.24) is 10.2 Å². The minimum absolute atomic E-state index is 0.00657. The molecule has 0 saturated heterocycles. The van der Waals surface area contributed by atoms with Crippen LogP contribution in [0, 0.1) is 6.92 Å². The highest BCUT2D eigenvalue weighted by Crippen LogP contribution is 2.25. The summed E-state index contributed by atoms with van der Waals surface area (Å²) >= 11 is 0. The molecule has 214 valence electrons. The molecule has 0 saturated carbocycles. The summed E-state index contributed by atoms with van der Waals surface area (Å²) in [4.78, 5) is 54.8. The lowest BCUT2D eigenvalue weighted by Gasteiger charge is -2.37. The van der Waals surface area contributed by atoms with E-state index in [9.17, 15) is 19.2 Å². The van der Waals surface area contributed by atoms with E-state index in [1.165, 1.54) is 0 Å². The fraction of sp³-hybridized carbons (Fsp3) is 0.333. The molecule has 0 aliphatic carbocycles. The van der Waals surface area contributed by atoms with Crippen LogP contribution in [0.4, 0.5) is 5.69 Å². The zero-order valence-electron chi connectivity index (χ0n) is 23.5. The molecule has 1 aliphatic heterocycles. The van der Waals surface area contributed by atoms with Crippen molar-refractivity contribution in [1.29, 1.82) is 0 Å². The van der Waals surface area contributed by atoms with E-state index in [1.807, 2.05) is 61.5 Å². The van der Waals surface area contributed by atoms with Crippen molar-refractivity contribution in [2.75, 3.05) is 11.9 Å². The van der Waals surface area contributed by atoms with E-state index in [-0.39, 0.29) is 42.9 Å². The summed E-state index contributed by atoms with van der Waals surface area (Å²) in [6, 6.07) is 22.5. The minimum atomic E-state index is -0.799. The highest BCUT2D eigenvalue weighted by molar-refractivity contribution is 6.00. The Balaban J connectivity index is 1.50. The average Bonchev–Trinajstić information content (AvgIpc) is 3.00. The predicted molar refractivity (Wildman–Crippen MR) is 159 cm³/mol. The monoisotopic (exact) mass is 554 g/mol. The number of nitrogens with zero attached hydrogens (tertiary/aromatic N) is 1. The molecule has 4 N–H and O–H groups in total. The van der Waals surface area contributed by atoms with Gasteiger partial charge in [0.2, 0.25) is 17.7 Å². The van der Waals surface area contributed by atoms with Gasteiger partial charge in [-0.3, -0.25) is 19.2 Å². The van der Waals surface area contributed by atoms with E-state index in [0.29, 0.717) is 37.1 Å². The lowest BCUT2D eigenvalue weighted by atomic mass is 9.92. The summed E-state index contributed by atoms with van der Waals surface area (Å²) in [6.07, 6.45) is 2.18. The van der Waals surface area contributed by atoms with Gasteiger partial charge in [-0.15, -0.1) is 0 Å². The number of aryl methyl sites for hydroxylation is 1. The number of fused-ring (bicyclic) bond motifs is 1. The van der Waals surface area contributed by atoms with Crippen LogP contribution in [0.5, 0.6) is 0 Å². The summed E-state index contributed by atoms with van der Waals surface area (Å²) in [5, 5.41) is 5.88. The summed E-state index contributed by atoms with van der Waals surface area (Å²) in [6.45, 7) is 2.66. The van der Waals surface area contributed by atoms with Crippen LogP contribution in [0.25, 0.3) is 0 Å². The quantitative estimate of drug-likeness (QED) is 0.229. The Kier molecular flexibility index (Phi) is 10.4. The van der Waals surface area contributed by atoms with Gasteiger partial charge in [0.15, 0.2) is 5.78 Å². The fourth-order valence-corrected chi connectivity index (χ4v) is 5.11. The molecule has 2 atom stereocenters. The number of hydrogen-bond donors (Lipinski definition) is 3. The summed E-state index contributed by atoms with van der Waals surface area (Å²) in [5.41, 5.74) is 9.79. The van der Waals surface area contributed by atoms with E-state index >= 15 is 0 Å². The van der Waals surface area contributed by atoms with Gasteiger partial charge in [0.1, 0.15) is 12.1 Å². The minimum Gasteiger partial charge on any atom is -0.342 e. The van der Waals surface area contributed by atoms with E-state index in [1.54, 1.807) is 29.2 Å². The van der Waals surface area contributed by atoms with Gasteiger partial charge in [-0.2, -0.15) is 0 Å². The number of carbonyl (C=O) groups excluding carboxylic acids is 4. The Morgan fingerprint density at radius 2 is 1.56 bits per heavy atom. The normalized spacial score (nSPS) is 15.0. The molecule has 0 bridgehead atoms. The van der Waals surface area contributed by atoms with Crippen molar-refractivity contribution in [3.8, 4) is 0 Å². The van der Waals surface area contributed by atoms with Gasteiger partial charge in [-0.05, 0) is 55.5 Å². The van der Waals surface area contributed by atoms with Crippen molar-refractivity contribution in [2.45, 2.75) is 64.1 Å². The first-order chi connectivity index (χ1) is 19.9. The number of rotatable bonds is 12. The van der Waals surface area contributed by atoms with Crippen LogP contribution in [-0.4, -0.2) is 47.0 Å². The number of amides is 3. The molecule has 1 heterocycles. The Hall–Kier alpha value is -4.30. The Bertz CT molecular complexity index is 1370. The van der Waals surface area contributed by atoms with E-state index in [4.69, 9.17) is 5.73 Å². The molecule has 0 unspecified atom stereocenters. The van der Waals surface area contributed by atoms with E-state index in [0.717, 1.165) is 23.1 Å². The Morgan fingerprint density at radius 3 is 2.29 bits per heavy atom. The number of carbonyl (C=O) groups is 4. The maximum Gasteiger partial charge on any atom is 0.246 e. The molecular formula is C33H38N4O4. The third-order valence-electron chi connectivity index (χ3n) is 7.52. The molecule has 4 rings (SSSR count). The maximum atomic E-state index is 13.8. The van der Waals surface area contributed by atoms with Crippen LogP contribution in [0.2, 0.25) is 0 Å². The molecule has 3 amide bonds. The number of nitrogens with one attached hydrogen (secondary N) is 2. The molecule has 3 aromatic rings. The van der Waals surface area contributed by atoms with E-state index < -0.39 is 12.1 Å². The van der Waals surface area contributed by atoms with Crippen molar-refractivity contribution >= 4 is 29.2 Å². The van der Waals surface area contributed by atoms with Crippen LogP contribution < -0.4 is 16.4 Å². The molecule has 3 aromatic carbocycles. The molecule has 0 fully saturated rings. The van der Waals surface area contributed by atoms with Crippen LogP contribution in [-0.2, 0) is 27.3 Å². The van der Waals surface area contributed by atoms with Crippen LogP contribution >= 0.6 is 0 Å².